The number of amides is 4. The first-order valence-corrected chi connectivity index (χ1v) is 10.9. The Morgan fingerprint density at radius 2 is 1.63 bits per heavy atom. The van der Waals surface area contributed by atoms with Crippen LogP contribution in [0.15, 0.2) is 30.3 Å². The molecule has 0 aliphatic carbocycles. The van der Waals surface area contributed by atoms with E-state index in [1.165, 1.54) is 0 Å². The molecule has 4 rings (SSSR count). The van der Waals surface area contributed by atoms with E-state index in [0.717, 1.165) is 25.8 Å². The first-order chi connectivity index (χ1) is 14.3. The highest BCUT2D eigenvalue weighted by Gasteiger charge is 2.66. The van der Waals surface area contributed by atoms with Crippen LogP contribution >= 0.6 is 0 Å². The quantitative estimate of drug-likeness (QED) is 0.748. The molecule has 4 amide bonds. The van der Waals surface area contributed by atoms with Gasteiger partial charge in [0.25, 0.3) is 5.91 Å². The molecule has 1 unspecified atom stereocenters. The maximum absolute atomic E-state index is 13.5. The number of hydrogen-bond acceptors (Lipinski definition) is 3. The molecular formula is C23H32N4O3. The van der Waals surface area contributed by atoms with Crippen LogP contribution in [0.4, 0.5) is 4.79 Å². The van der Waals surface area contributed by atoms with Gasteiger partial charge in [-0.3, -0.25) is 9.59 Å². The van der Waals surface area contributed by atoms with E-state index in [9.17, 15) is 14.4 Å². The van der Waals surface area contributed by atoms with E-state index in [2.05, 4.69) is 0 Å². The molecule has 3 aliphatic rings. The van der Waals surface area contributed by atoms with Crippen LogP contribution in [0.1, 0.15) is 36.5 Å². The standard InChI is InChI=1S/C23H32N4O3/c1-4-25-15-12-23(20(25)29)17-27(21(30)24(2)3)16-22(23)10-13-26(14-11-22)19(28)18-8-6-5-7-9-18/h5-9H,4,10-17H2,1-3H3. The first kappa shape index (κ1) is 20.7. The minimum absolute atomic E-state index is 0.0307. The average molecular weight is 413 g/mol. The molecule has 1 aromatic rings. The van der Waals surface area contributed by atoms with E-state index in [4.69, 9.17) is 0 Å². The maximum Gasteiger partial charge on any atom is 0.319 e. The molecular weight excluding hydrogens is 380 g/mol. The second-order valence-electron chi connectivity index (χ2n) is 9.19. The summed E-state index contributed by atoms with van der Waals surface area (Å²) in [5.41, 5.74) is -0.0722. The second-order valence-corrected chi connectivity index (χ2v) is 9.19. The van der Waals surface area contributed by atoms with E-state index >= 15 is 0 Å². The summed E-state index contributed by atoms with van der Waals surface area (Å²) in [5.74, 6) is 0.244. The van der Waals surface area contributed by atoms with E-state index in [0.29, 0.717) is 38.3 Å². The number of rotatable bonds is 2. The third-order valence-corrected chi connectivity index (χ3v) is 7.54. The molecule has 3 fully saturated rings. The van der Waals surface area contributed by atoms with Gasteiger partial charge in [0.15, 0.2) is 0 Å². The van der Waals surface area contributed by atoms with Gasteiger partial charge in [-0.05, 0) is 38.3 Å². The van der Waals surface area contributed by atoms with Crippen molar-refractivity contribution in [1.82, 2.24) is 19.6 Å². The van der Waals surface area contributed by atoms with E-state index in [1.807, 2.05) is 52.0 Å². The summed E-state index contributed by atoms with van der Waals surface area (Å²) in [7, 11) is 3.52. The molecule has 162 valence electrons. The topological polar surface area (TPSA) is 64.2 Å². The lowest BCUT2D eigenvalue weighted by Crippen LogP contribution is -2.53. The summed E-state index contributed by atoms with van der Waals surface area (Å²) in [6.45, 7) is 5.82. The molecule has 3 heterocycles. The number of carbonyl (C=O) groups excluding carboxylic acids is 3. The van der Waals surface area contributed by atoms with Gasteiger partial charge < -0.3 is 19.6 Å². The molecule has 3 saturated heterocycles. The highest BCUT2D eigenvalue weighted by molar-refractivity contribution is 5.94. The number of carbonyl (C=O) groups is 3. The second kappa shape index (κ2) is 7.60. The largest absolute Gasteiger partial charge is 0.342 e. The van der Waals surface area contributed by atoms with Gasteiger partial charge in [0.05, 0.1) is 5.41 Å². The summed E-state index contributed by atoms with van der Waals surface area (Å²) in [6, 6.07) is 9.34. The van der Waals surface area contributed by atoms with E-state index in [-0.39, 0.29) is 23.3 Å². The maximum atomic E-state index is 13.5. The van der Waals surface area contributed by atoms with Gasteiger partial charge in [0, 0.05) is 64.3 Å². The fourth-order valence-corrected chi connectivity index (χ4v) is 5.80. The summed E-state index contributed by atoms with van der Waals surface area (Å²) < 4.78 is 0. The predicted molar refractivity (Wildman–Crippen MR) is 114 cm³/mol. The molecule has 0 aromatic heterocycles. The van der Waals surface area contributed by atoms with Crippen molar-refractivity contribution in [2.24, 2.45) is 10.8 Å². The molecule has 0 bridgehead atoms. The van der Waals surface area contributed by atoms with Crippen LogP contribution in [-0.4, -0.2) is 90.8 Å². The Bertz CT molecular complexity index is 832. The van der Waals surface area contributed by atoms with Crippen LogP contribution in [0, 0.1) is 10.8 Å². The van der Waals surface area contributed by atoms with Crippen LogP contribution in [0.3, 0.4) is 0 Å². The molecule has 0 N–H and O–H groups in total. The number of benzene rings is 1. The fraction of sp³-hybridized carbons (Fsp3) is 0.609. The highest BCUT2D eigenvalue weighted by atomic mass is 16.2. The Morgan fingerprint density at radius 3 is 2.20 bits per heavy atom. The Labute approximate surface area is 178 Å². The van der Waals surface area contributed by atoms with Crippen LogP contribution in [0.25, 0.3) is 0 Å². The average Bonchev–Trinajstić information content (AvgIpc) is 3.26. The summed E-state index contributed by atoms with van der Waals surface area (Å²) in [4.78, 5) is 46.5. The molecule has 1 aromatic carbocycles. The van der Waals surface area contributed by atoms with Gasteiger partial charge in [0.2, 0.25) is 5.91 Å². The zero-order valence-electron chi connectivity index (χ0n) is 18.3. The van der Waals surface area contributed by atoms with Crippen LogP contribution in [-0.2, 0) is 4.79 Å². The number of hydrogen-bond donors (Lipinski definition) is 0. The van der Waals surface area contributed by atoms with Crippen molar-refractivity contribution in [3.8, 4) is 0 Å². The van der Waals surface area contributed by atoms with Crippen molar-refractivity contribution in [3.05, 3.63) is 35.9 Å². The van der Waals surface area contributed by atoms with Crippen molar-refractivity contribution >= 4 is 17.8 Å². The fourth-order valence-electron chi connectivity index (χ4n) is 5.80. The third kappa shape index (κ3) is 3.06. The van der Waals surface area contributed by atoms with Crippen molar-refractivity contribution < 1.29 is 14.4 Å². The van der Waals surface area contributed by atoms with Crippen molar-refractivity contribution in [1.29, 1.82) is 0 Å². The Hall–Kier alpha value is -2.57. The summed E-state index contributed by atoms with van der Waals surface area (Å²) >= 11 is 0. The molecule has 1 atom stereocenters. The highest BCUT2D eigenvalue weighted by Crippen LogP contribution is 2.58. The number of likely N-dealkylation sites (tertiary alicyclic amines) is 3. The SMILES string of the molecule is CCN1CCC2(CN(C(=O)N(C)C)CC23CCN(C(=O)c2ccccc2)CC3)C1=O. The number of fused-ring (bicyclic) bond motifs is 1. The van der Waals surface area contributed by atoms with Gasteiger partial charge in [-0.1, -0.05) is 18.2 Å². The molecule has 2 spiro atoms. The molecule has 0 radical (unpaired) electrons. The normalized spacial score (nSPS) is 25.4. The van der Waals surface area contributed by atoms with E-state index in [1.54, 1.807) is 19.0 Å². The van der Waals surface area contributed by atoms with Crippen molar-refractivity contribution in [2.45, 2.75) is 26.2 Å². The summed E-state index contributed by atoms with van der Waals surface area (Å²) in [6.07, 6.45) is 2.31. The Kier molecular flexibility index (Phi) is 5.24. The van der Waals surface area contributed by atoms with E-state index < -0.39 is 5.41 Å². The Balaban J connectivity index is 1.58. The Morgan fingerprint density at radius 1 is 0.967 bits per heavy atom. The zero-order valence-corrected chi connectivity index (χ0v) is 18.3. The van der Waals surface area contributed by atoms with Crippen molar-refractivity contribution in [3.63, 3.8) is 0 Å². The zero-order chi connectivity index (χ0) is 21.5. The van der Waals surface area contributed by atoms with Gasteiger partial charge in [-0.15, -0.1) is 0 Å². The van der Waals surface area contributed by atoms with Gasteiger partial charge in [0.1, 0.15) is 0 Å². The third-order valence-electron chi connectivity index (χ3n) is 7.54. The van der Waals surface area contributed by atoms with Crippen molar-refractivity contribution in [2.75, 3.05) is 53.4 Å². The number of nitrogens with zero attached hydrogens (tertiary/aromatic N) is 4. The lowest BCUT2D eigenvalue weighted by molar-refractivity contribution is -0.141. The number of urea groups is 1. The summed E-state index contributed by atoms with van der Waals surface area (Å²) in [5, 5.41) is 0. The number of piperidine rings is 1. The molecule has 30 heavy (non-hydrogen) atoms. The smallest absolute Gasteiger partial charge is 0.319 e. The van der Waals surface area contributed by atoms with Gasteiger partial charge in [-0.2, -0.15) is 0 Å². The lowest BCUT2D eigenvalue weighted by Gasteiger charge is -2.46. The monoisotopic (exact) mass is 412 g/mol. The van der Waals surface area contributed by atoms with Gasteiger partial charge in [-0.25, -0.2) is 4.79 Å². The molecule has 0 saturated carbocycles. The first-order valence-electron chi connectivity index (χ1n) is 10.9. The molecule has 7 heteroatoms. The minimum Gasteiger partial charge on any atom is -0.342 e. The van der Waals surface area contributed by atoms with Crippen LogP contribution in [0.5, 0.6) is 0 Å². The minimum atomic E-state index is -0.517. The van der Waals surface area contributed by atoms with Crippen LogP contribution in [0.2, 0.25) is 0 Å². The predicted octanol–water partition coefficient (Wildman–Crippen LogP) is 2.14. The molecule has 7 nitrogen and oxygen atoms in total. The van der Waals surface area contributed by atoms with Crippen LogP contribution < -0.4 is 0 Å². The molecule has 3 aliphatic heterocycles. The lowest BCUT2D eigenvalue weighted by atomic mass is 9.60. The van der Waals surface area contributed by atoms with Gasteiger partial charge >= 0.3 is 6.03 Å².